The first kappa shape index (κ1) is 19.4. The van der Waals surface area contributed by atoms with Gasteiger partial charge in [-0.2, -0.15) is 0 Å². The number of aryl methyl sites for hydroxylation is 2. The summed E-state index contributed by atoms with van der Waals surface area (Å²) in [5.74, 6) is 1.64. The molecule has 0 aromatic heterocycles. The van der Waals surface area contributed by atoms with Crippen molar-refractivity contribution in [3.05, 3.63) is 53.1 Å². The van der Waals surface area contributed by atoms with E-state index in [4.69, 9.17) is 9.47 Å². The van der Waals surface area contributed by atoms with Gasteiger partial charge in [0.2, 0.25) is 0 Å². The Balaban J connectivity index is 2.25. The molecule has 0 aliphatic rings. The van der Waals surface area contributed by atoms with Crippen LogP contribution in [0.25, 0.3) is 0 Å². The Bertz CT molecular complexity index is 725. The Morgan fingerprint density at radius 2 is 1.84 bits per heavy atom. The van der Waals surface area contributed by atoms with Crippen molar-refractivity contribution >= 4 is 16.9 Å². The lowest BCUT2D eigenvalue weighted by molar-refractivity contribution is -0.110. The van der Waals surface area contributed by atoms with E-state index in [9.17, 15) is 4.79 Å². The Morgan fingerprint density at radius 3 is 2.48 bits per heavy atom. The van der Waals surface area contributed by atoms with Gasteiger partial charge in [0, 0.05) is 16.9 Å². The molecule has 0 aliphatic carbocycles. The minimum absolute atomic E-state index is 0.137. The monoisotopic (exact) mass is 358 g/mol. The van der Waals surface area contributed by atoms with E-state index in [2.05, 4.69) is 26.0 Å². The summed E-state index contributed by atoms with van der Waals surface area (Å²) in [6, 6.07) is 12.1. The molecule has 0 N–H and O–H groups in total. The van der Waals surface area contributed by atoms with E-state index in [0.717, 1.165) is 33.9 Å². The third kappa shape index (κ3) is 5.27. The first-order valence-electron chi connectivity index (χ1n) is 8.76. The predicted octanol–water partition coefficient (Wildman–Crippen LogP) is 5.56. The number of carbonyl (C=O) groups is 1. The molecule has 4 heteroatoms. The number of hydrogen-bond acceptors (Lipinski definition) is 4. The Labute approximate surface area is 154 Å². The molecule has 0 unspecified atom stereocenters. The van der Waals surface area contributed by atoms with E-state index in [0.29, 0.717) is 19.6 Å². The van der Waals surface area contributed by atoms with Gasteiger partial charge in [0.15, 0.2) is 5.12 Å². The van der Waals surface area contributed by atoms with Crippen LogP contribution in [0.2, 0.25) is 0 Å². The number of hydrogen-bond donors (Lipinski definition) is 0. The second-order valence-electron chi connectivity index (χ2n) is 5.74. The summed E-state index contributed by atoms with van der Waals surface area (Å²) in [4.78, 5) is 12.8. The molecule has 0 fully saturated rings. The molecule has 0 aliphatic heterocycles. The van der Waals surface area contributed by atoms with Crippen molar-refractivity contribution in [1.29, 1.82) is 0 Å². The minimum atomic E-state index is 0.137. The van der Waals surface area contributed by atoms with Gasteiger partial charge in [-0.3, -0.25) is 4.79 Å². The Hall–Kier alpha value is -1.94. The van der Waals surface area contributed by atoms with Crippen LogP contribution < -0.4 is 9.47 Å². The lowest BCUT2D eigenvalue weighted by atomic mass is 10.1. The quantitative estimate of drug-likeness (QED) is 0.578. The van der Waals surface area contributed by atoms with Crippen molar-refractivity contribution in [3.63, 3.8) is 0 Å². The number of benzene rings is 2. The van der Waals surface area contributed by atoms with Crippen molar-refractivity contribution in [1.82, 2.24) is 0 Å². The number of carbonyl (C=O) groups excluding carboxylic acids is 1. The highest BCUT2D eigenvalue weighted by Crippen LogP contribution is 2.33. The summed E-state index contributed by atoms with van der Waals surface area (Å²) < 4.78 is 11.8. The first-order chi connectivity index (χ1) is 12.1. The van der Waals surface area contributed by atoms with Gasteiger partial charge in [0.25, 0.3) is 0 Å². The van der Waals surface area contributed by atoms with Crippen molar-refractivity contribution in [3.8, 4) is 11.5 Å². The second-order valence-corrected chi connectivity index (χ2v) is 6.83. The summed E-state index contributed by atoms with van der Waals surface area (Å²) in [5.41, 5.74) is 3.34. The third-order valence-corrected chi connectivity index (χ3v) is 5.04. The van der Waals surface area contributed by atoms with Crippen LogP contribution >= 0.6 is 11.8 Å². The largest absolute Gasteiger partial charge is 0.493 e. The van der Waals surface area contributed by atoms with Gasteiger partial charge < -0.3 is 9.47 Å². The molecule has 2 aromatic rings. The summed E-state index contributed by atoms with van der Waals surface area (Å²) >= 11 is 1.26. The second kappa shape index (κ2) is 9.52. The molecule has 0 spiro atoms. The lowest BCUT2D eigenvalue weighted by Crippen LogP contribution is -2.04. The molecule has 0 atom stereocenters. The summed E-state index contributed by atoms with van der Waals surface area (Å²) in [6.45, 7) is 8.97. The molecule has 2 aromatic carbocycles. The first-order valence-corrected chi connectivity index (χ1v) is 9.58. The van der Waals surface area contributed by atoms with E-state index in [1.807, 2.05) is 38.1 Å². The molecule has 3 nitrogen and oxygen atoms in total. The van der Waals surface area contributed by atoms with Gasteiger partial charge in [-0.25, -0.2) is 0 Å². The maximum Gasteiger partial charge on any atom is 0.193 e. The van der Waals surface area contributed by atoms with Crippen molar-refractivity contribution in [2.24, 2.45) is 0 Å². The highest BCUT2D eigenvalue weighted by molar-refractivity contribution is 8.13. The van der Waals surface area contributed by atoms with Crippen LogP contribution in [-0.2, 0) is 17.8 Å². The molecular formula is C21H26O3S. The molecule has 25 heavy (non-hydrogen) atoms. The maximum atomic E-state index is 11.9. The zero-order valence-corrected chi connectivity index (χ0v) is 16.2. The molecule has 0 heterocycles. The van der Waals surface area contributed by atoms with Gasteiger partial charge >= 0.3 is 0 Å². The van der Waals surface area contributed by atoms with Crippen LogP contribution in [0.5, 0.6) is 11.5 Å². The highest BCUT2D eigenvalue weighted by atomic mass is 32.2. The average Bonchev–Trinajstić information content (AvgIpc) is 2.62. The topological polar surface area (TPSA) is 35.5 Å². The minimum Gasteiger partial charge on any atom is -0.493 e. The van der Waals surface area contributed by atoms with E-state index >= 15 is 0 Å². The van der Waals surface area contributed by atoms with Gasteiger partial charge in [-0.05, 0) is 49.6 Å². The van der Waals surface area contributed by atoms with E-state index in [-0.39, 0.29) is 5.12 Å². The van der Waals surface area contributed by atoms with E-state index in [1.165, 1.54) is 17.3 Å². The molecule has 2 rings (SSSR count). The summed E-state index contributed by atoms with van der Waals surface area (Å²) in [6.07, 6.45) is 1.51. The Kier molecular flexibility index (Phi) is 7.38. The fourth-order valence-corrected chi connectivity index (χ4v) is 3.33. The SMILES string of the molecule is CCOc1cccc(SC(=O)CC)c1COc1ccc(CC)cc1C. The predicted molar refractivity (Wildman–Crippen MR) is 104 cm³/mol. The highest BCUT2D eigenvalue weighted by Gasteiger charge is 2.14. The summed E-state index contributed by atoms with van der Waals surface area (Å²) in [5, 5.41) is 0.137. The normalized spacial score (nSPS) is 10.6. The summed E-state index contributed by atoms with van der Waals surface area (Å²) in [7, 11) is 0. The van der Waals surface area contributed by atoms with E-state index < -0.39 is 0 Å². The standard InChI is InChI=1S/C21H26O3S/c1-5-16-11-12-18(15(4)13-16)24-14-17-19(23-7-3)9-8-10-20(17)25-21(22)6-2/h8-13H,5-7,14H2,1-4H3. The fourth-order valence-electron chi connectivity index (χ4n) is 2.51. The van der Waals surface area contributed by atoms with Crippen molar-refractivity contribution in [2.45, 2.75) is 52.0 Å². The molecule has 0 saturated carbocycles. The molecular weight excluding hydrogens is 332 g/mol. The molecule has 0 radical (unpaired) electrons. The molecule has 0 bridgehead atoms. The van der Waals surface area contributed by atoms with Crippen molar-refractivity contribution in [2.75, 3.05) is 6.61 Å². The number of ether oxygens (including phenoxy) is 2. The van der Waals surface area contributed by atoms with Crippen LogP contribution in [-0.4, -0.2) is 11.7 Å². The van der Waals surface area contributed by atoms with Gasteiger partial charge in [0.1, 0.15) is 18.1 Å². The molecule has 0 saturated heterocycles. The van der Waals surface area contributed by atoms with Crippen LogP contribution in [0.15, 0.2) is 41.3 Å². The molecule has 134 valence electrons. The zero-order valence-electron chi connectivity index (χ0n) is 15.4. The van der Waals surface area contributed by atoms with Gasteiger partial charge in [-0.15, -0.1) is 0 Å². The maximum absolute atomic E-state index is 11.9. The van der Waals surface area contributed by atoms with Crippen LogP contribution in [0.4, 0.5) is 0 Å². The van der Waals surface area contributed by atoms with Crippen LogP contribution in [0.1, 0.15) is 43.9 Å². The zero-order chi connectivity index (χ0) is 18.2. The van der Waals surface area contributed by atoms with Crippen LogP contribution in [0.3, 0.4) is 0 Å². The number of thioether (sulfide) groups is 1. The van der Waals surface area contributed by atoms with Crippen LogP contribution in [0, 0.1) is 6.92 Å². The smallest absolute Gasteiger partial charge is 0.193 e. The van der Waals surface area contributed by atoms with E-state index in [1.54, 1.807) is 0 Å². The fraction of sp³-hybridized carbons (Fsp3) is 0.381. The molecule has 0 amide bonds. The number of rotatable bonds is 8. The third-order valence-electron chi connectivity index (χ3n) is 3.92. The van der Waals surface area contributed by atoms with Gasteiger partial charge in [0.05, 0.1) is 6.61 Å². The van der Waals surface area contributed by atoms with Gasteiger partial charge in [-0.1, -0.05) is 43.8 Å². The van der Waals surface area contributed by atoms with Crippen molar-refractivity contribution < 1.29 is 14.3 Å². The Morgan fingerprint density at radius 1 is 1.04 bits per heavy atom. The average molecular weight is 359 g/mol. The lowest BCUT2D eigenvalue weighted by Gasteiger charge is -2.16.